The summed E-state index contributed by atoms with van der Waals surface area (Å²) in [6, 6.07) is 0. The third-order valence-corrected chi connectivity index (χ3v) is 0.924. The molecule has 0 aliphatic carbocycles. The smallest absolute Gasteiger partial charge is 0.0966 e. The van der Waals surface area contributed by atoms with Crippen LogP contribution in [0.15, 0.2) is 4.99 Å². The predicted octanol–water partition coefficient (Wildman–Crippen LogP) is -0.0740. The van der Waals surface area contributed by atoms with Crippen LogP contribution in [0.3, 0.4) is 0 Å². The average molecular weight is 165 g/mol. The molecule has 2 N–H and O–H groups in total. The second-order valence-electron chi connectivity index (χ2n) is 1.24. The van der Waals surface area contributed by atoms with Crippen LogP contribution in [0.25, 0.3) is 0 Å². The zero-order valence-electron chi connectivity index (χ0n) is 5.04. The minimum Gasteiger partial charge on any atom is -0.311 e. The van der Waals surface area contributed by atoms with Gasteiger partial charge in [-0.3, -0.25) is 4.99 Å². The lowest BCUT2D eigenvalue weighted by molar-refractivity contribution is 0.760. The fraction of sp³-hybridized carbons (Fsp3) is 0.750. The third-order valence-electron chi connectivity index (χ3n) is 0.566. The Hall–Kier alpha value is 0.130. The van der Waals surface area contributed by atoms with Crippen LogP contribution in [0.4, 0.5) is 0 Å². The molecule has 5 heteroatoms. The first kappa shape index (κ1) is 9.13. The van der Waals surface area contributed by atoms with Gasteiger partial charge in [-0.2, -0.15) is 25.3 Å². The van der Waals surface area contributed by atoms with Gasteiger partial charge in [-0.05, 0) is 0 Å². The molecule has 0 bridgehead atoms. The van der Waals surface area contributed by atoms with E-state index in [0.717, 1.165) is 12.3 Å². The molecule has 0 aliphatic rings. The highest BCUT2D eigenvalue weighted by Crippen LogP contribution is 1.71. The van der Waals surface area contributed by atoms with Crippen LogP contribution >= 0.6 is 25.3 Å². The van der Waals surface area contributed by atoms with Gasteiger partial charge in [0.15, 0.2) is 0 Å². The summed E-state index contributed by atoms with van der Waals surface area (Å²) in [6.07, 6.45) is 1.59. The summed E-state index contributed by atoms with van der Waals surface area (Å²) in [5, 5.41) is 0. The number of nitrogens with one attached hydrogen (secondary N) is 2. The first-order valence-corrected chi connectivity index (χ1v) is 3.86. The van der Waals surface area contributed by atoms with E-state index in [2.05, 4.69) is 41.1 Å². The Labute approximate surface area is 66.1 Å². The Morgan fingerprint density at radius 1 is 1.44 bits per heavy atom. The lowest BCUT2D eigenvalue weighted by atomic mass is 10.8. The normalized spacial score (nSPS) is 10.4. The van der Waals surface area contributed by atoms with Crippen LogP contribution in [-0.4, -0.2) is 24.5 Å². The Kier molecular flexibility index (Phi) is 8.25. The molecule has 0 amide bonds. The standard InChI is InChI=1S/C4H11N3S2/c8-2-1-5-3-6-7-4-9/h3,7-9H,1-2,4H2,(H,5,6). The van der Waals surface area contributed by atoms with Gasteiger partial charge in [-0.15, -0.1) is 0 Å². The van der Waals surface area contributed by atoms with Crippen molar-refractivity contribution in [1.29, 1.82) is 0 Å². The summed E-state index contributed by atoms with van der Waals surface area (Å²) in [4.78, 5) is 3.92. The number of hydrogen-bond acceptors (Lipinski definition) is 4. The first-order chi connectivity index (χ1) is 4.41. The molecule has 3 nitrogen and oxygen atoms in total. The van der Waals surface area contributed by atoms with Crippen molar-refractivity contribution in [3.63, 3.8) is 0 Å². The van der Waals surface area contributed by atoms with E-state index in [9.17, 15) is 0 Å². The van der Waals surface area contributed by atoms with Gasteiger partial charge in [-0.1, -0.05) is 0 Å². The summed E-state index contributed by atoms with van der Waals surface area (Å²) in [5.41, 5.74) is 5.46. The molecule has 0 radical (unpaired) electrons. The van der Waals surface area contributed by atoms with Crippen molar-refractivity contribution in [2.45, 2.75) is 0 Å². The molecule has 0 rings (SSSR count). The van der Waals surface area contributed by atoms with E-state index in [-0.39, 0.29) is 0 Å². The van der Waals surface area contributed by atoms with E-state index in [1.54, 1.807) is 6.34 Å². The fourth-order valence-corrected chi connectivity index (χ4v) is 0.466. The van der Waals surface area contributed by atoms with Gasteiger partial charge in [0.05, 0.1) is 12.2 Å². The SMILES string of the molecule is SCCN=CNNCS. The molecule has 0 aromatic carbocycles. The highest BCUT2D eigenvalue weighted by molar-refractivity contribution is 7.80. The molecule has 0 heterocycles. The highest BCUT2D eigenvalue weighted by Gasteiger charge is 1.72. The van der Waals surface area contributed by atoms with Crippen molar-refractivity contribution < 1.29 is 0 Å². The summed E-state index contributed by atoms with van der Waals surface area (Å²) in [7, 11) is 0. The van der Waals surface area contributed by atoms with E-state index >= 15 is 0 Å². The lowest BCUT2D eigenvalue weighted by Crippen LogP contribution is -2.28. The predicted molar refractivity (Wildman–Crippen MR) is 47.3 cm³/mol. The molecular weight excluding hydrogens is 154 g/mol. The molecule has 0 fully saturated rings. The Morgan fingerprint density at radius 3 is 2.78 bits per heavy atom. The summed E-state index contributed by atoms with van der Waals surface area (Å²) < 4.78 is 0. The van der Waals surface area contributed by atoms with Gasteiger partial charge in [0.2, 0.25) is 0 Å². The molecule has 54 valence electrons. The number of thiol groups is 2. The Morgan fingerprint density at radius 2 is 2.22 bits per heavy atom. The maximum atomic E-state index is 3.97. The number of hydrazine groups is 1. The molecule has 0 saturated carbocycles. The Balaban J connectivity index is 2.86. The van der Waals surface area contributed by atoms with Gasteiger partial charge in [0, 0.05) is 12.3 Å². The summed E-state index contributed by atoms with van der Waals surface area (Å²) in [6.45, 7) is 0.740. The summed E-state index contributed by atoms with van der Waals surface area (Å²) >= 11 is 7.86. The van der Waals surface area contributed by atoms with E-state index in [1.807, 2.05) is 0 Å². The van der Waals surface area contributed by atoms with Gasteiger partial charge in [0.1, 0.15) is 0 Å². The van der Waals surface area contributed by atoms with E-state index in [4.69, 9.17) is 0 Å². The maximum absolute atomic E-state index is 3.97. The van der Waals surface area contributed by atoms with Crippen LogP contribution in [-0.2, 0) is 0 Å². The minimum atomic E-state index is 0.590. The molecule has 9 heavy (non-hydrogen) atoms. The number of hydrogen-bond donors (Lipinski definition) is 4. The molecule has 0 aromatic rings. The number of rotatable bonds is 5. The fourth-order valence-electron chi connectivity index (χ4n) is 0.259. The molecule has 0 aromatic heterocycles. The number of nitrogens with zero attached hydrogens (tertiary/aromatic N) is 1. The zero-order valence-corrected chi connectivity index (χ0v) is 6.83. The van der Waals surface area contributed by atoms with Gasteiger partial charge >= 0.3 is 0 Å². The molecule has 0 spiro atoms. The van der Waals surface area contributed by atoms with Crippen LogP contribution in [0.1, 0.15) is 0 Å². The first-order valence-electron chi connectivity index (χ1n) is 2.60. The Bertz CT molecular complexity index is 76.2. The van der Waals surface area contributed by atoms with Crippen LogP contribution in [0.2, 0.25) is 0 Å². The lowest BCUT2D eigenvalue weighted by Gasteiger charge is -1.95. The largest absolute Gasteiger partial charge is 0.311 e. The molecule has 0 unspecified atom stereocenters. The molecular formula is C4H11N3S2. The van der Waals surface area contributed by atoms with Gasteiger partial charge < -0.3 is 5.43 Å². The second-order valence-corrected chi connectivity index (χ2v) is 2.00. The van der Waals surface area contributed by atoms with Gasteiger partial charge in [0.25, 0.3) is 0 Å². The average Bonchev–Trinajstić information content (AvgIpc) is 1.89. The van der Waals surface area contributed by atoms with Crippen molar-refractivity contribution >= 4 is 31.6 Å². The van der Waals surface area contributed by atoms with Crippen molar-refractivity contribution in [2.75, 3.05) is 18.2 Å². The minimum absolute atomic E-state index is 0.590. The van der Waals surface area contributed by atoms with Crippen molar-refractivity contribution in [3.8, 4) is 0 Å². The quantitative estimate of drug-likeness (QED) is 0.115. The maximum Gasteiger partial charge on any atom is 0.0966 e. The number of aliphatic imine (C=N–C) groups is 1. The van der Waals surface area contributed by atoms with Crippen LogP contribution in [0.5, 0.6) is 0 Å². The van der Waals surface area contributed by atoms with Crippen LogP contribution < -0.4 is 10.9 Å². The molecule has 0 atom stereocenters. The zero-order chi connectivity index (χ0) is 6.95. The molecule has 0 saturated heterocycles. The topological polar surface area (TPSA) is 36.4 Å². The van der Waals surface area contributed by atoms with Crippen molar-refractivity contribution in [1.82, 2.24) is 10.9 Å². The van der Waals surface area contributed by atoms with E-state index in [1.165, 1.54) is 0 Å². The molecule has 0 aliphatic heterocycles. The van der Waals surface area contributed by atoms with Crippen molar-refractivity contribution in [2.24, 2.45) is 4.99 Å². The van der Waals surface area contributed by atoms with Crippen LogP contribution in [0, 0.1) is 0 Å². The highest BCUT2D eigenvalue weighted by atomic mass is 32.1. The van der Waals surface area contributed by atoms with Gasteiger partial charge in [-0.25, -0.2) is 5.43 Å². The van der Waals surface area contributed by atoms with Crippen molar-refractivity contribution in [3.05, 3.63) is 0 Å². The van der Waals surface area contributed by atoms with E-state index in [0.29, 0.717) is 5.88 Å². The summed E-state index contributed by atoms with van der Waals surface area (Å²) in [5.74, 6) is 1.37. The second kappa shape index (κ2) is 8.13. The van der Waals surface area contributed by atoms with E-state index < -0.39 is 0 Å². The monoisotopic (exact) mass is 165 g/mol. The third kappa shape index (κ3) is 8.13.